The molecular weight excluding hydrogens is 212 g/mol. The summed E-state index contributed by atoms with van der Waals surface area (Å²) in [6.07, 6.45) is 0.921. The zero-order valence-electron chi connectivity index (χ0n) is 9.06. The maximum absolute atomic E-state index is 5.70. The predicted molar refractivity (Wildman–Crippen MR) is 66.6 cm³/mol. The summed E-state index contributed by atoms with van der Waals surface area (Å²) in [5, 5.41) is 0. The molecule has 0 N–H and O–H groups in total. The number of allylic oxidation sites excluding steroid dienone is 1. The molecule has 0 aliphatic rings. The third-order valence-electron chi connectivity index (χ3n) is 2.01. The SMILES string of the molecule is C=C(CCl)Cc1ccc(C(C)(C)C)s1. The van der Waals surface area contributed by atoms with Gasteiger partial charge in [-0.25, -0.2) is 0 Å². The van der Waals surface area contributed by atoms with E-state index >= 15 is 0 Å². The second-order valence-electron chi connectivity index (χ2n) is 4.58. The Morgan fingerprint density at radius 2 is 2.07 bits per heavy atom. The average molecular weight is 229 g/mol. The lowest BCUT2D eigenvalue weighted by Gasteiger charge is -2.15. The Balaban J connectivity index is 2.74. The summed E-state index contributed by atoms with van der Waals surface area (Å²) in [5.74, 6) is 0.558. The van der Waals surface area contributed by atoms with E-state index in [9.17, 15) is 0 Å². The van der Waals surface area contributed by atoms with Crippen LogP contribution in [0.5, 0.6) is 0 Å². The molecule has 2 heteroatoms. The zero-order chi connectivity index (χ0) is 10.8. The molecule has 0 spiro atoms. The minimum absolute atomic E-state index is 0.255. The lowest BCUT2D eigenvalue weighted by atomic mass is 9.95. The van der Waals surface area contributed by atoms with E-state index in [0.29, 0.717) is 5.88 Å². The smallest absolute Gasteiger partial charge is 0.0434 e. The van der Waals surface area contributed by atoms with Gasteiger partial charge in [-0.1, -0.05) is 32.9 Å². The molecule has 1 aromatic rings. The molecule has 0 aliphatic heterocycles. The molecule has 0 atom stereocenters. The Morgan fingerprint density at radius 1 is 1.43 bits per heavy atom. The fourth-order valence-electron chi connectivity index (χ4n) is 1.17. The van der Waals surface area contributed by atoms with E-state index < -0.39 is 0 Å². The van der Waals surface area contributed by atoms with Crippen molar-refractivity contribution >= 4 is 22.9 Å². The first-order valence-corrected chi connectivity index (χ1v) is 6.10. The van der Waals surface area contributed by atoms with Gasteiger partial charge in [-0.3, -0.25) is 0 Å². The van der Waals surface area contributed by atoms with Crippen LogP contribution in [0.1, 0.15) is 30.5 Å². The minimum atomic E-state index is 0.255. The van der Waals surface area contributed by atoms with Crippen LogP contribution in [0, 0.1) is 0 Å². The second kappa shape index (κ2) is 4.50. The van der Waals surface area contributed by atoms with Crippen molar-refractivity contribution in [3.05, 3.63) is 34.0 Å². The van der Waals surface area contributed by atoms with Crippen LogP contribution in [-0.2, 0) is 11.8 Å². The van der Waals surface area contributed by atoms with Gasteiger partial charge in [0.15, 0.2) is 0 Å². The van der Waals surface area contributed by atoms with Crippen LogP contribution in [0.4, 0.5) is 0 Å². The van der Waals surface area contributed by atoms with Gasteiger partial charge in [-0.15, -0.1) is 22.9 Å². The molecule has 0 aliphatic carbocycles. The van der Waals surface area contributed by atoms with Gasteiger partial charge in [0.2, 0.25) is 0 Å². The molecule has 0 nitrogen and oxygen atoms in total. The quantitative estimate of drug-likeness (QED) is 0.532. The van der Waals surface area contributed by atoms with E-state index in [-0.39, 0.29) is 5.41 Å². The molecule has 1 heterocycles. The van der Waals surface area contributed by atoms with Gasteiger partial charge in [0.05, 0.1) is 0 Å². The number of hydrogen-bond donors (Lipinski definition) is 0. The molecule has 14 heavy (non-hydrogen) atoms. The standard InChI is InChI=1S/C12H17ClS/c1-9(8-13)7-10-5-6-11(14-10)12(2,3)4/h5-6H,1,7-8H2,2-4H3. The number of thiophene rings is 1. The van der Waals surface area contributed by atoms with Crippen molar-refractivity contribution in [3.8, 4) is 0 Å². The van der Waals surface area contributed by atoms with E-state index in [1.165, 1.54) is 9.75 Å². The number of hydrogen-bond acceptors (Lipinski definition) is 1. The first-order chi connectivity index (χ1) is 6.43. The molecule has 0 radical (unpaired) electrons. The summed E-state index contributed by atoms with van der Waals surface area (Å²) in [6.45, 7) is 10.6. The fraction of sp³-hybridized carbons (Fsp3) is 0.500. The summed E-state index contributed by atoms with van der Waals surface area (Å²) in [7, 11) is 0. The van der Waals surface area contributed by atoms with Crippen molar-refractivity contribution in [2.45, 2.75) is 32.6 Å². The van der Waals surface area contributed by atoms with Crippen LogP contribution in [0.25, 0.3) is 0 Å². The first kappa shape index (κ1) is 11.8. The van der Waals surface area contributed by atoms with Gasteiger partial charge in [-0.05, 0) is 17.5 Å². The van der Waals surface area contributed by atoms with Crippen molar-refractivity contribution < 1.29 is 0 Å². The molecule has 0 saturated heterocycles. The Kier molecular flexibility index (Phi) is 3.79. The molecule has 0 aromatic carbocycles. The summed E-state index contributed by atoms with van der Waals surface area (Å²) in [4.78, 5) is 2.79. The molecule has 0 amide bonds. The zero-order valence-corrected chi connectivity index (χ0v) is 10.6. The van der Waals surface area contributed by atoms with Crippen molar-refractivity contribution in [1.82, 2.24) is 0 Å². The van der Waals surface area contributed by atoms with Crippen LogP contribution >= 0.6 is 22.9 Å². The lowest BCUT2D eigenvalue weighted by molar-refractivity contribution is 0.604. The summed E-state index contributed by atoms with van der Waals surface area (Å²) >= 11 is 7.57. The third kappa shape index (κ3) is 3.14. The molecule has 1 aromatic heterocycles. The van der Waals surface area contributed by atoms with E-state index in [1.807, 2.05) is 11.3 Å². The first-order valence-electron chi connectivity index (χ1n) is 4.75. The maximum Gasteiger partial charge on any atom is 0.0434 e. The van der Waals surface area contributed by atoms with Crippen LogP contribution < -0.4 is 0 Å². The molecule has 0 unspecified atom stereocenters. The number of rotatable bonds is 3. The molecule has 1 rings (SSSR count). The predicted octanol–water partition coefficient (Wildman–Crippen LogP) is 4.38. The third-order valence-corrected chi connectivity index (χ3v) is 3.90. The highest BCUT2D eigenvalue weighted by molar-refractivity contribution is 7.12. The lowest BCUT2D eigenvalue weighted by Crippen LogP contribution is -2.07. The summed E-state index contributed by atoms with van der Waals surface area (Å²) in [6, 6.07) is 4.39. The normalized spacial score (nSPS) is 11.7. The van der Waals surface area contributed by atoms with Gasteiger partial charge in [0, 0.05) is 22.1 Å². The Morgan fingerprint density at radius 3 is 2.50 bits per heavy atom. The average Bonchev–Trinajstić information content (AvgIpc) is 2.51. The van der Waals surface area contributed by atoms with Gasteiger partial charge in [-0.2, -0.15) is 0 Å². The summed E-state index contributed by atoms with van der Waals surface area (Å²) in [5.41, 5.74) is 1.35. The number of alkyl halides is 1. The summed E-state index contributed by atoms with van der Waals surface area (Å²) < 4.78 is 0. The van der Waals surface area contributed by atoms with E-state index in [2.05, 4.69) is 39.5 Å². The second-order valence-corrected chi connectivity index (χ2v) is 6.01. The molecule has 0 bridgehead atoms. The topological polar surface area (TPSA) is 0 Å². The highest BCUT2D eigenvalue weighted by Gasteiger charge is 2.15. The van der Waals surface area contributed by atoms with Crippen molar-refractivity contribution in [1.29, 1.82) is 0 Å². The van der Waals surface area contributed by atoms with Gasteiger partial charge in [0.25, 0.3) is 0 Å². The monoisotopic (exact) mass is 228 g/mol. The van der Waals surface area contributed by atoms with Crippen molar-refractivity contribution in [2.24, 2.45) is 0 Å². The van der Waals surface area contributed by atoms with E-state index in [1.54, 1.807) is 0 Å². The highest BCUT2D eigenvalue weighted by Crippen LogP contribution is 2.30. The van der Waals surface area contributed by atoms with Gasteiger partial charge in [0.1, 0.15) is 0 Å². The highest BCUT2D eigenvalue weighted by atomic mass is 35.5. The molecule has 0 saturated carbocycles. The largest absolute Gasteiger partial charge is 0.145 e. The molecule has 78 valence electrons. The van der Waals surface area contributed by atoms with Crippen molar-refractivity contribution in [2.75, 3.05) is 5.88 Å². The van der Waals surface area contributed by atoms with Crippen LogP contribution in [0.2, 0.25) is 0 Å². The van der Waals surface area contributed by atoms with Crippen LogP contribution in [-0.4, -0.2) is 5.88 Å². The van der Waals surface area contributed by atoms with E-state index in [0.717, 1.165) is 12.0 Å². The Hall–Kier alpha value is -0.270. The fourth-order valence-corrected chi connectivity index (χ4v) is 2.40. The Labute approximate surface area is 95.6 Å². The van der Waals surface area contributed by atoms with Crippen LogP contribution in [0.3, 0.4) is 0 Å². The van der Waals surface area contributed by atoms with Gasteiger partial charge >= 0.3 is 0 Å². The van der Waals surface area contributed by atoms with Crippen molar-refractivity contribution in [3.63, 3.8) is 0 Å². The minimum Gasteiger partial charge on any atom is -0.145 e. The molecular formula is C12H17ClS. The maximum atomic E-state index is 5.70. The van der Waals surface area contributed by atoms with Crippen LogP contribution in [0.15, 0.2) is 24.3 Å². The van der Waals surface area contributed by atoms with Gasteiger partial charge < -0.3 is 0 Å². The number of halogens is 1. The Bertz CT molecular complexity index is 317. The van der Waals surface area contributed by atoms with E-state index in [4.69, 9.17) is 11.6 Å². The molecule has 0 fully saturated rings.